The van der Waals surface area contributed by atoms with E-state index in [0.29, 0.717) is 40.5 Å². The Balaban J connectivity index is 1.80. The molecule has 0 spiro atoms. The van der Waals surface area contributed by atoms with Gasteiger partial charge in [-0.3, -0.25) is 9.59 Å². The van der Waals surface area contributed by atoms with Crippen LogP contribution in [0.2, 0.25) is 5.02 Å². The average Bonchev–Trinajstić information content (AvgIpc) is 2.82. The molecule has 3 aliphatic rings. The quantitative estimate of drug-likeness (QED) is 0.518. The fourth-order valence-electron chi connectivity index (χ4n) is 5.64. The van der Waals surface area contributed by atoms with E-state index >= 15 is 0 Å². The Kier molecular flexibility index (Phi) is 5.98. The second kappa shape index (κ2) is 8.95. The Morgan fingerprint density at radius 1 is 0.882 bits per heavy atom. The van der Waals surface area contributed by atoms with Crippen molar-refractivity contribution in [2.24, 2.45) is 0 Å². The molecule has 0 bridgehead atoms. The molecule has 0 saturated carbocycles. The minimum atomic E-state index is -0.455. The van der Waals surface area contributed by atoms with Gasteiger partial charge in [0.1, 0.15) is 0 Å². The van der Waals surface area contributed by atoms with E-state index in [1.165, 1.54) is 0 Å². The molecule has 0 radical (unpaired) electrons. The molecule has 2 aliphatic carbocycles. The standard InChI is InChI=1S/C28H28ClNO4/c1-16-7-4-8-18(13-16)30-20-9-5-11-22(31)26(20)25(27-21(30)10-6-12-23(27)32)17-14-19(29)28(34-3)24(15-17)33-2/h4,7-8,13-15,25H,5-6,9-12H2,1-3H3. The van der Waals surface area contributed by atoms with Gasteiger partial charge in [0, 0.05) is 47.0 Å². The maximum Gasteiger partial charge on any atom is 0.179 e. The Bertz CT molecular complexity index is 1220. The minimum absolute atomic E-state index is 0.0970. The molecule has 0 fully saturated rings. The van der Waals surface area contributed by atoms with Crippen LogP contribution in [0.25, 0.3) is 0 Å². The Morgan fingerprint density at radius 3 is 2.09 bits per heavy atom. The van der Waals surface area contributed by atoms with Gasteiger partial charge in [-0.25, -0.2) is 0 Å². The van der Waals surface area contributed by atoms with Gasteiger partial charge in [0.05, 0.1) is 19.2 Å². The van der Waals surface area contributed by atoms with Gasteiger partial charge in [-0.2, -0.15) is 0 Å². The summed E-state index contributed by atoms with van der Waals surface area (Å²) < 4.78 is 11.0. The summed E-state index contributed by atoms with van der Waals surface area (Å²) in [6.45, 7) is 2.06. The highest BCUT2D eigenvalue weighted by Gasteiger charge is 2.44. The van der Waals surface area contributed by atoms with E-state index in [4.69, 9.17) is 21.1 Å². The van der Waals surface area contributed by atoms with Crippen molar-refractivity contribution in [3.05, 3.63) is 75.1 Å². The molecule has 5 rings (SSSR count). The minimum Gasteiger partial charge on any atom is -0.493 e. The monoisotopic (exact) mass is 477 g/mol. The normalized spacial score (nSPS) is 18.8. The maximum atomic E-state index is 13.5. The average molecular weight is 478 g/mol. The summed E-state index contributed by atoms with van der Waals surface area (Å²) in [5.41, 5.74) is 6.37. The van der Waals surface area contributed by atoms with Gasteiger partial charge in [-0.05, 0) is 68.0 Å². The number of Topliss-reactive ketones (excluding diaryl/α,β-unsaturated/α-hetero) is 2. The molecule has 1 aliphatic heterocycles. The van der Waals surface area contributed by atoms with Gasteiger partial charge in [0.15, 0.2) is 23.1 Å². The molecule has 0 amide bonds. The summed E-state index contributed by atoms with van der Waals surface area (Å²) in [4.78, 5) is 29.2. The van der Waals surface area contributed by atoms with Crippen molar-refractivity contribution in [2.75, 3.05) is 19.1 Å². The van der Waals surface area contributed by atoms with Crippen LogP contribution in [0.4, 0.5) is 5.69 Å². The SMILES string of the molecule is COc1cc(C2C3=C(CCCC3=O)N(c3cccc(C)c3)C3=C2C(=O)CCC3)cc(Cl)c1OC. The fraction of sp³-hybridized carbons (Fsp3) is 0.357. The molecule has 1 heterocycles. The molecule has 2 aromatic carbocycles. The third kappa shape index (κ3) is 3.63. The number of anilines is 1. The third-order valence-electron chi connectivity index (χ3n) is 7.02. The lowest BCUT2D eigenvalue weighted by Crippen LogP contribution is -2.39. The van der Waals surface area contributed by atoms with E-state index in [0.717, 1.165) is 53.9 Å². The van der Waals surface area contributed by atoms with Crippen LogP contribution in [0.5, 0.6) is 11.5 Å². The number of hydrogen-bond acceptors (Lipinski definition) is 5. The van der Waals surface area contributed by atoms with E-state index in [2.05, 4.69) is 30.0 Å². The number of methoxy groups -OCH3 is 2. The van der Waals surface area contributed by atoms with E-state index in [-0.39, 0.29) is 11.6 Å². The summed E-state index contributed by atoms with van der Waals surface area (Å²) in [6, 6.07) is 12.0. The number of benzene rings is 2. The Morgan fingerprint density at radius 2 is 1.53 bits per heavy atom. The summed E-state index contributed by atoms with van der Waals surface area (Å²) in [7, 11) is 3.10. The van der Waals surface area contributed by atoms with Gasteiger partial charge in [0.25, 0.3) is 0 Å². The first-order chi connectivity index (χ1) is 16.4. The number of ether oxygens (including phenoxy) is 2. The van der Waals surface area contributed by atoms with Gasteiger partial charge in [0.2, 0.25) is 0 Å². The predicted octanol–water partition coefficient (Wildman–Crippen LogP) is 6.28. The number of hydrogen-bond donors (Lipinski definition) is 0. The zero-order chi connectivity index (χ0) is 24.0. The molecular weight excluding hydrogens is 450 g/mol. The summed E-state index contributed by atoms with van der Waals surface area (Å²) >= 11 is 6.58. The second-order valence-corrected chi connectivity index (χ2v) is 9.53. The third-order valence-corrected chi connectivity index (χ3v) is 7.30. The highest BCUT2D eigenvalue weighted by molar-refractivity contribution is 6.32. The smallest absolute Gasteiger partial charge is 0.179 e. The number of allylic oxidation sites excluding steroid dienone is 4. The van der Waals surface area contributed by atoms with Gasteiger partial charge in [-0.15, -0.1) is 0 Å². The number of carbonyl (C=O) groups is 2. The lowest BCUT2D eigenvalue weighted by atomic mass is 9.70. The molecule has 0 unspecified atom stereocenters. The summed E-state index contributed by atoms with van der Waals surface area (Å²) in [6.07, 6.45) is 4.14. The topological polar surface area (TPSA) is 55.8 Å². The van der Waals surface area contributed by atoms with Crippen LogP contribution in [-0.4, -0.2) is 25.8 Å². The van der Waals surface area contributed by atoms with Crippen molar-refractivity contribution in [3.8, 4) is 11.5 Å². The first-order valence-corrected chi connectivity index (χ1v) is 12.1. The van der Waals surface area contributed by atoms with E-state index in [1.807, 2.05) is 18.2 Å². The molecule has 6 heteroatoms. The molecule has 34 heavy (non-hydrogen) atoms. The molecule has 2 aromatic rings. The maximum absolute atomic E-state index is 13.5. The number of ketones is 2. The zero-order valence-corrected chi connectivity index (χ0v) is 20.5. The number of aryl methyl sites for hydroxylation is 1. The van der Waals surface area contributed by atoms with Crippen LogP contribution in [0.1, 0.15) is 55.6 Å². The van der Waals surface area contributed by atoms with Crippen LogP contribution >= 0.6 is 11.6 Å². The highest BCUT2D eigenvalue weighted by atomic mass is 35.5. The second-order valence-electron chi connectivity index (χ2n) is 9.12. The van der Waals surface area contributed by atoms with Crippen molar-refractivity contribution in [2.45, 2.75) is 51.4 Å². The van der Waals surface area contributed by atoms with Crippen molar-refractivity contribution >= 4 is 28.9 Å². The molecule has 0 N–H and O–H groups in total. The van der Waals surface area contributed by atoms with Crippen molar-refractivity contribution in [3.63, 3.8) is 0 Å². The lowest BCUT2D eigenvalue weighted by molar-refractivity contribution is -0.116. The van der Waals surface area contributed by atoms with Crippen LogP contribution < -0.4 is 14.4 Å². The highest BCUT2D eigenvalue weighted by Crippen LogP contribution is 2.52. The molecule has 0 saturated heterocycles. The zero-order valence-electron chi connectivity index (χ0n) is 19.7. The largest absolute Gasteiger partial charge is 0.493 e. The van der Waals surface area contributed by atoms with Crippen molar-refractivity contribution in [1.29, 1.82) is 0 Å². The van der Waals surface area contributed by atoms with E-state index < -0.39 is 5.92 Å². The molecule has 0 atom stereocenters. The molecule has 176 valence electrons. The Hall–Kier alpha value is -3.05. The Labute approximate surface area is 205 Å². The number of carbonyl (C=O) groups excluding carboxylic acids is 2. The summed E-state index contributed by atoms with van der Waals surface area (Å²) in [5, 5.41) is 0.397. The van der Waals surface area contributed by atoms with Crippen molar-refractivity contribution in [1.82, 2.24) is 0 Å². The van der Waals surface area contributed by atoms with E-state index in [9.17, 15) is 9.59 Å². The van der Waals surface area contributed by atoms with Crippen LogP contribution in [0, 0.1) is 6.92 Å². The number of nitrogens with zero attached hydrogens (tertiary/aromatic N) is 1. The predicted molar refractivity (Wildman–Crippen MR) is 133 cm³/mol. The van der Waals surface area contributed by atoms with Gasteiger partial charge in [-0.1, -0.05) is 23.7 Å². The molecular formula is C28H28ClNO4. The fourth-order valence-corrected chi connectivity index (χ4v) is 5.93. The molecule has 5 nitrogen and oxygen atoms in total. The first-order valence-electron chi connectivity index (χ1n) is 11.7. The molecule has 0 aromatic heterocycles. The van der Waals surface area contributed by atoms with E-state index in [1.54, 1.807) is 14.2 Å². The van der Waals surface area contributed by atoms with Crippen LogP contribution in [0.15, 0.2) is 58.9 Å². The summed E-state index contributed by atoms with van der Waals surface area (Å²) in [5.74, 6) is 0.670. The first kappa shape index (κ1) is 22.7. The van der Waals surface area contributed by atoms with Crippen LogP contribution in [0.3, 0.4) is 0 Å². The number of halogens is 1. The van der Waals surface area contributed by atoms with Crippen molar-refractivity contribution < 1.29 is 19.1 Å². The van der Waals surface area contributed by atoms with Gasteiger partial charge < -0.3 is 14.4 Å². The van der Waals surface area contributed by atoms with Crippen LogP contribution in [-0.2, 0) is 9.59 Å². The lowest BCUT2D eigenvalue weighted by Gasteiger charge is -2.44. The van der Waals surface area contributed by atoms with Gasteiger partial charge >= 0.3 is 0 Å². The number of rotatable bonds is 4.